The first-order valence-electron chi connectivity index (χ1n) is 9.44. The highest BCUT2D eigenvalue weighted by molar-refractivity contribution is 7.02. The predicted molar refractivity (Wildman–Crippen MR) is 122 cm³/mol. The van der Waals surface area contributed by atoms with Crippen LogP contribution in [-0.2, 0) is 0 Å². The van der Waals surface area contributed by atoms with Crippen molar-refractivity contribution in [3.05, 3.63) is 30.3 Å². The summed E-state index contributed by atoms with van der Waals surface area (Å²) in [5.41, 5.74) is 7.95. The van der Waals surface area contributed by atoms with Gasteiger partial charge in [-0.15, -0.1) is 0 Å². The highest BCUT2D eigenvalue weighted by atomic mass is 28.3. The fraction of sp³-hybridized carbons (Fsp3) is 0.545. The molecule has 0 spiro atoms. The molecule has 0 aromatic heterocycles. The molecule has 2 aromatic carbocycles. The third kappa shape index (κ3) is 3.21. The average Bonchev–Trinajstić information content (AvgIpc) is 2.44. The molecule has 1 nitrogen and oxygen atoms in total. The van der Waals surface area contributed by atoms with Gasteiger partial charge in [-0.25, -0.2) is 0 Å². The lowest BCUT2D eigenvalue weighted by Crippen LogP contribution is -2.65. The van der Waals surface area contributed by atoms with E-state index in [1.807, 2.05) is 0 Å². The molecular weight excluding hydrogens is 334 g/mol. The van der Waals surface area contributed by atoms with Crippen LogP contribution in [0.1, 0.15) is 41.5 Å². The number of hydrogen-bond donors (Lipinski definition) is 1. The van der Waals surface area contributed by atoms with Crippen molar-refractivity contribution < 1.29 is 0 Å². The second kappa shape index (κ2) is 5.99. The van der Waals surface area contributed by atoms with E-state index < -0.39 is 16.1 Å². The minimum absolute atomic E-state index is 0.265. The molecule has 0 unspecified atom stereocenters. The van der Waals surface area contributed by atoms with Crippen LogP contribution in [-0.4, -0.2) is 16.1 Å². The number of nitrogen functional groups attached to an aromatic ring is 1. The minimum atomic E-state index is -1.77. The lowest BCUT2D eigenvalue weighted by molar-refractivity contribution is 0.726. The highest BCUT2D eigenvalue weighted by Crippen LogP contribution is 2.40. The third-order valence-corrected chi connectivity index (χ3v) is 18.4. The Labute approximate surface area is 157 Å². The molecule has 0 atom stereocenters. The molecule has 0 bridgehead atoms. The molecule has 2 aromatic rings. The van der Waals surface area contributed by atoms with E-state index in [0.717, 1.165) is 5.69 Å². The Bertz CT molecular complexity index is 790. The summed E-state index contributed by atoms with van der Waals surface area (Å²) < 4.78 is 0. The summed E-state index contributed by atoms with van der Waals surface area (Å²) in [6, 6.07) is 11.1. The largest absolute Gasteiger partial charge is 0.398 e. The Morgan fingerprint density at radius 3 is 1.72 bits per heavy atom. The van der Waals surface area contributed by atoms with Gasteiger partial charge >= 0.3 is 0 Å². The number of fused-ring (bicyclic) bond motifs is 1. The van der Waals surface area contributed by atoms with Gasteiger partial charge in [-0.05, 0) is 20.6 Å². The normalized spacial score (nSPS) is 14.2. The predicted octanol–water partition coefficient (Wildman–Crippen LogP) is 5.85. The van der Waals surface area contributed by atoms with E-state index >= 15 is 0 Å². The van der Waals surface area contributed by atoms with Gasteiger partial charge in [-0.1, -0.05) is 103 Å². The molecule has 0 fully saturated rings. The molecule has 138 valence electrons. The number of hydrogen-bond acceptors (Lipinski definition) is 1. The Kier molecular flexibility index (Phi) is 4.85. The highest BCUT2D eigenvalue weighted by Gasteiger charge is 2.46. The molecule has 0 saturated carbocycles. The molecule has 0 aliphatic rings. The van der Waals surface area contributed by atoms with Crippen molar-refractivity contribution in [3.63, 3.8) is 0 Å². The topological polar surface area (TPSA) is 26.0 Å². The first-order valence-corrected chi connectivity index (χ1v) is 15.4. The average molecular weight is 372 g/mol. The van der Waals surface area contributed by atoms with Crippen LogP contribution in [0.4, 0.5) is 5.69 Å². The number of anilines is 1. The molecule has 0 aliphatic heterocycles. The first-order chi connectivity index (χ1) is 11.1. The number of rotatable bonds is 2. The number of benzene rings is 2. The van der Waals surface area contributed by atoms with Gasteiger partial charge in [0.1, 0.15) is 0 Å². The van der Waals surface area contributed by atoms with E-state index in [1.165, 1.54) is 16.0 Å². The zero-order chi connectivity index (χ0) is 19.4. The molecule has 0 saturated heterocycles. The van der Waals surface area contributed by atoms with Crippen molar-refractivity contribution in [3.8, 4) is 0 Å². The Morgan fingerprint density at radius 2 is 1.24 bits per heavy atom. The molecule has 2 rings (SSSR count). The van der Waals surface area contributed by atoms with Gasteiger partial charge in [-0.2, -0.15) is 0 Å². The van der Waals surface area contributed by atoms with Gasteiger partial charge in [0.05, 0.1) is 16.1 Å². The molecule has 0 amide bonds. The molecule has 0 heterocycles. The van der Waals surface area contributed by atoms with E-state index in [-0.39, 0.29) is 5.04 Å². The van der Waals surface area contributed by atoms with E-state index in [4.69, 9.17) is 5.73 Å². The summed E-state index contributed by atoms with van der Waals surface area (Å²) in [6.45, 7) is 24.4. The summed E-state index contributed by atoms with van der Waals surface area (Å²) in [7, 11) is -3.47. The van der Waals surface area contributed by atoms with Crippen molar-refractivity contribution in [1.29, 1.82) is 0 Å². The quantitative estimate of drug-likeness (QED) is 0.520. The van der Waals surface area contributed by atoms with Crippen LogP contribution in [0.5, 0.6) is 0 Å². The van der Waals surface area contributed by atoms with E-state index in [1.54, 1.807) is 5.19 Å². The molecule has 2 N–H and O–H groups in total. The summed E-state index contributed by atoms with van der Waals surface area (Å²) in [6.07, 6.45) is 0. The lowest BCUT2D eigenvalue weighted by atomic mass is 10.1. The SMILES string of the molecule is CC(C)(C)[Si](C)(C)c1cc2ccccc2c(N)c1[Si](C)(C)C(C)(C)C. The van der Waals surface area contributed by atoms with Gasteiger partial charge < -0.3 is 5.73 Å². The molecule has 25 heavy (non-hydrogen) atoms. The van der Waals surface area contributed by atoms with Crippen LogP contribution >= 0.6 is 0 Å². The zero-order valence-corrected chi connectivity index (χ0v) is 20.0. The second-order valence-electron chi connectivity index (χ2n) is 10.7. The molecular formula is C22H37NSi2. The van der Waals surface area contributed by atoms with Crippen LogP contribution in [0.25, 0.3) is 10.8 Å². The van der Waals surface area contributed by atoms with Gasteiger partial charge in [0.25, 0.3) is 0 Å². The summed E-state index contributed by atoms with van der Waals surface area (Å²) in [5, 5.41) is 6.18. The van der Waals surface area contributed by atoms with E-state index in [0.29, 0.717) is 5.04 Å². The van der Waals surface area contributed by atoms with Crippen molar-refractivity contribution in [2.45, 2.75) is 77.8 Å². The molecule has 0 aliphatic carbocycles. The molecule has 3 heteroatoms. The van der Waals surface area contributed by atoms with Crippen molar-refractivity contribution in [2.24, 2.45) is 0 Å². The summed E-state index contributed by atoms with van der Waals surface area (Å²) in [5.74, 6) is 0. The monoisotopic (exact) mass is 371 g/mol. The first kappa shape index (κ1) is 20.2. The fourth-order valence-electron chi connectivity index (χ4n) is 3.32. The zero-order valence-electron chi connectivity index (χ0n) is 18.0. The van der Waals surface area contributed by atoms with Crippen LogP contribution in [0.3, 0.4) is 0 Å². The molecule has 0 radical (unpaired) electrons. The van der Waals surface area contributed by atoms with Gasteiger partial charge in [0.15, 0.2) is 0 Å². The smallest absolute Gasteiger partial charge is 0.0884 e. The van der Waals surface area contributed by atoms with Gasteiger partial charge in [-0.3, -0.25) is 0 Å². The maximum atomic E-state index is 6.90. The third-order valence-electron chi connectivity index (χ3n) is 7.14. The summed E-state index contributed by atoms with van der Waals surface area (Å²) in [4.78, 5) is 0. The van der Waals surface area contributed by atoms with Crippen molar-refractivity contribution in [1.82, 2.24) is 0 Å². The Hall–Kier alpha value is -1.07. The summed E-state index contributed by atoms with van der Waals surface area (Å²) >= 11 is 0. The maximum Gasteiger partial charge on any atom is 0.0884 e. The van der Waals surface area contributed by atoms with E-state index in [9.17, 15) is 0 Å². The second-order valence-corrected chi connectivity index (χ2v) is 21.2. The standard InChI is InChI=1S/C22H37NSi2/c1-21(2,3)24(7,8)18-15-16-13-11-12-14-17(16)19(23)20(18)25(9,10)22(4,5)6/h11-15H,23H2,1-10H3. The van der Waals surface area contributed by atoms with Gasteiger partial charge in [0, 0.05) is 11.1 Å². The maximum absolute atomic E-state index is 6.90. The lowest BCUT2D eigenvalue weighted by Gasteiger charge is -2.45. The van der Waals surface area contributed by atoms with Crippen LogP contribution < -0.4 is 16.1 Å². The van der Waals surface area contributed by atoms with Crippen molar-refractivity contribution >= 4 is 43.0 Å². The minimum Gasteiger partial charge on any atom is -0.398 e. The van der Waals surface area contributed by atoms with Crippen LogP contribution in [0, 0.1) is 0 Å². The van der Waals surface area contributed by atoms with Crippen molar-refractivity contribution in [2.75, 3.05) is 5.73 Å². The van der Waals surface area contributed by atoms with Crippen LogP contribution in [0.2, 0.25) is 36.3 Å². The Morgan fingerprint density at radius 1 is 0.760 bits per heavy atom. The van der Waals surface area contributed by atoms with Crippen LogP contribution in [0.15, 0.2) is 30.3 Å². The number of nitrogens with two attached hydrogens (primary N) is 1. The van der Waals surface area contributed by atoms with E-state index in [2.05, 4.69) is 98.1 Å². The Balaban J connectivity index is 3.01. The fourth-order valence-corrected chi connectivity index (χ4v) is 9.58. The van der Waals surface area contributed by atoms with Gasteiger partial charge in [0.2, 0.25) is 0 Å².